The van der Waals surface area contributed by atoms with Gasteiger partial charge in [0.05, 0.1) is 17.2 Å². The number of nitrogens with one attached hydrogen (secondary N) is 1. The zero-order chi connectivity index (χ0) is 20.2. The van der Waals surface area contributed by atoms with E-state index in [1.807, 2.05) is 13.8 Å². The van der Waals surface area contributed by atoms with Gasteiger partial charge in [-0.25, -0.2) is 4.79 Å². The van der Waals surface area contributed by atoms with Gasteiger partial charge in [0.2, 0.25) is 0 Å². The van der Waals surface area contributed by atoms with Crippen molar-refractivity contribution in [2.45, 2.75) is 20.0 Å². The minimum atomic E-state index is -1.12. The maximum absolute atomic E-state index is 12.4. The van der Waals surface area contributed by atoms with Crippen LogP contribution in [-0.4, -0.2) is 46.7 Å². The number of benzene rings is 1. The van der Waals surface area contributed by atoms with E-state index in [2.05, 4.69) is 10.3 Å². The molecule has 3 aliphatic heterocycles. The van der Waals surface area contributed by atoms with Crippen LogP contribution in [0.3, 0.4) is 0 Å². The Morgan fingerprint density at radius 3 is 2.75 bits per heavy atom. The third kappa shape index (κ3) is 2.69. The molecule has 0 saturated carbocycles. The van der Waals surface area contributed by atoms with Gasteiger partial charge in [0, 0.05) is 25.0 Å². The third-order valence-electron chi connectivity index (χ3n) is 5.01. The zero-order valence-electron chi connectivity index (χ0n) is 15.6. The molecule has 144 valence electrons. The zero-order valence-corrected chi connectivity index (χ0v) is 15.6. The Balaban J connectivity index is 1.92. The summed E-state index contributed by atoms with van der Waals surface area (Å²) in [7, 11) is 1.62. The largest absolute Gasteiger partial charge is 0.478 e. The monoisotopic (exact) mass is 381 g/mol. The van der Waals surface area contributed by atoms with Crippen LogP contribution < -0.4 is 10.1 Å². The van der Waals surface area contributed by atoms with Crippen LogP contribution in [0.25, 0.3) is 5.57 Å². The van der Waals surface area contributed by atoms with E-state index in [1.54, 1.807) is 25.5 Å². The molecule has 28 heavy (non-hydrogen) atoms. The first-order chi connectivity index (χ1) is 13.3. The Morgan fingerprint density at radius 1 is 1.32 bits per heavy atom. The van der Waals surface area contributed by atoms with Crippen molar-refractivity contribution in [1.82, 2.24) is 4.90 Å². The summed E-state index contributed by atoms with van der Waals surface area (Å²) in [5.41, 5.74) is 1.89. The highest BCUT2D eigenvalue weighted by Gasteiger charge is 2.38. The Hall–Kier alpha value is -3.42. The molecular formula is C20H19N3O5. The van der Waals surface area contributed by atoms with Crippen LogP contribution in [0, 0.1) is 11.8 Å². The summed E-state index contributed by atoms with van der Waals surface area (Å²) in [6, 6.07) is 2.89. The molecule has 0 saturated heterocycles. The number of carbonyl (C=O) groups is 3. The molecular weight excluding hydrogens is 362 g/mol. The number of carboxylic acid groups (broad SMARTS) is 1. The standard InChI is InChI=1S/C20H19N3O5/c1-9(2)16-18(24)22-14-7-10(20(26)27)6-12(17(14)28-16)13-8-23(3)19(25)15-11(13)4-5-21-15/h4-9,11,16H,1-3H3,(H,22,24)(H,26,27). The summed E-state index contributed by atoms with van der Waals surface area (Å²) in [6.07, 6.45) is 4.32. The fourth-order valence-corrected chi connectivity index (χ4v) is 3.60. The molecule has 3 aliphatic rings. The SMILES string of the molecule is CC(C)C1Oc2c(cc(C(=O)O)cc2C2=CN(C)C(=O)C3=NC=CC23)NC1=O. The van der Waals surface area contributed by atoms with Crippen molar-refractivity contribution in [3.63, 3.8) is 0 Å². The van der Waals surface area contributed by atoms with Crippen molar-refractivity contribution >= 4 is 34.8 Å². The number of nitrogens with zero attached hydrogens (tertiary/aromatic N) is 2. The molecule has 1 aromatic rings. The molecule has 2 N–H and O–H groups in total. The van der Waals surface area contributed by atoms with E-state index in [-0.39, 0.29) is 23.3 Å². The van der Waals surface area contributed by atoms with Crippen LogP contribution in [0.15, 0.2) is 35.6 Å². The lowest BCUT2D eigenvalue weighted by Crippen LogP contribution is -2.41. The van der Waals surface area contributed by atoms with Crippen LogP contribution in [0.5, 0.6) is 5.75 Å². The summed E-state index contributed by atoms with van der Waals surface area (Å²) < 4.78 is 6.02. The van der Waals surface area contributed by atoms with Gasteiger partial charge < -0.3 is 20.1 Å². The summed E-state index contributed by atoms with van der Waals surface area (Å²) >= 11 is 0. The molecule has 2 amide bonds. The van der Waals surface area contributed by atoms with Crippen molar-refractivity contribution in [1.29, 1.82) is 0 Å². The van der Waals surface area contributed by atoms with E-state index in [0.29, 0.717) is 28.3 Å². The van der Waals surface area contributed by atoms with Crippen LogP contribution in [0.4, 0.5) is 5.69 Å². The second-order valence-electron chi connectivity index (χ2n) is 7.31. The second-order valence-corrected chi connectivity index (χ2v) is 7.31. The number of anilines is 1. The Bertz CT molecular complexity index is 1010. The maximum atomic E-state index is 12.4. The summed E-state index contributed by atoms with van der Waals surface area (Å²) in [5, 5.41) is 12.3. The number of rotatable bonds is 3. The number of amides is 2. The molecule has 8 nitrogen and oxygen atoms in total. The Labute approximate surface area is 161 Å². The number of ether oxygens (including phenoxy) is 1. The molecule has 0 spiro atoms. The molecule has 0 fully saturated rings. The predicted octanol–water partition coefficient (Wildman–Crippen LogP) is 2.14. The van der Waals surface area contributed by atoms with Crippen LogP contribution in [-0.2, 0) is 9.59 Å². The van der Waals surface area contributed by atoms with Crippen molar-refractivity contribution in [3.8, 4) is 5.75 Å². The molecule has 2 atom stereocenters. The molecule has 8 heteroatoms. The lowest BCUT2D eigenvalue weighted by atomic mass is 9.85. The molecule has 4 rings (SSSR count). The summed E-state index contributed by atoms with van der Waals surface area (Å²) in [5.74, 6) is -1.72. The van der Waals surface area contributed by atoms with Gasteiger partial charge in [-0.1, -0.05) is 19.9 Å². The second kappa shape index (κ2) is 6.33. The van der Waals surface area contributed by atoms with Gasteiger partial charge in [-0.2, -0.15) is 0 Å². The molecule has 0 aliphatic carbocycles. The average Bonchev–Trinajstić information content (AvgIpc) is 3.13. The van der Waals surface area contributed by atoms with Crippen LogP contribution >= 0.6 is 0 Å². The number of fused-ring (bicyclic) bond motifs is 2. The number of aliphatic imine (C=N–C) groups is 1. The number of hydrogen-bond acceptors (Lipinski definition) is 5. The topological polar surface area (TPSA) is 108 Å². The number of aromatic carboxylic acids is 1. The summed E-state index contributed by atoms with van der Waals surface area (Å²) in [6.45, 7) is 3.74. The van der Waals surface area contributed by atoms with E-state index in [4.69, 9.17) is 4.74 Å². The predicted molar refractivity (Wildman–Crippen MR) is 102 cm³/mol. The third-order valence-corrected chi connectivity index (χ3v) is 5.01. The van der Waals surface area contributed by atoms with E-state index in [1.165, 1.54) is 17.0 Å². The van der Waals surface area contributed by atoms with Crippen molar-refractivity contribution in [2.75, 3.05) is 12.4 Å². The first-order valence-electron chi connectivity index (χ1n) is 8.90. The molecule has 3 heterocycles. The first kappa shape index (κ1) is 18.0. The number of carbonyl (C=O) groups excluding carboxylic acids is 2. The van der Waals surface area contributed by atoms with E-state index in [9.17, 15) is 19.5 Å². The molecule has 0 bridgehead atoms. The van der Waals surface area contributed by atoms with E-state index >= 15 is 0 Å². The highest BCUT2D eigenvalue weighted by molar-refractivity contribution is 6.44. The average molecular weight is 381 g/mol. The number of hydrogen-bond donors (Lipinski definition) is 2. The molecule has 2 unspecified atom stereocenters. The number of carboxylic acids is 1. The van der Waals surface area contributed by atoms with Crippen molar-refractivity contribution in [3.05, 3.63) is 41.7 Å². The van der Waals surface area contributed by atoms with Gasteiger partial charge in [0.15, 0.2) is 11.9 Å². The molecule has 0 radical (unpaired) electrons. The highest BCUT2D eigenvalue weighted by Crippen LogP contribution is 2.44. The number of allylic oxidation sites excluding steroid dienone is 2. The maximum Gasteiger partial charge on any atom is 0.335 e. The van der Waals surface area contributed by atoms with Crippen LogP contribution in [0.2, 0.25) is 0 Å². The highest BCUT2D eigenvalue weighted by atomic mass is 16.5. The minimum absolute atomic E-state index is 0.0153. The fraction of sp³-hybridized carbons (Fsp3) is 0.300. The quantitative estimate of drug-likeness (QED) is 0.834. The van der Waals surface area contributed by atoms with Crippen LogP contribution in [0.1, 0.15) is 29.8 Å². The van der Waals surface area contributed by atoms with E-state index < -0.39 is 18.0 Å². The Morgan fingerprint density at radius 2 is 2.07 bits per heavy atom. The van der Waals surface area contributed by atoms with Crippen molar-refractivity contribution in [2.24, 2.45) is 16.8 Å². The smallest absolute Gasteiger partial charge is 0.335 e. The molecule has 1 aromatic carbocycles. The minimum Gasteiger partial charge on any atom is -0.478 e. The van der Waals surface area contributed by atoms with E-state index in [0.717, 1.165) is 0 Å². The lowest BCUT2D eigenvalue weighted by Gasteiger charge is -2.33. The fourth-order valence-electron chi connectivity index (χ4n) is 3.60. The molecule has 0 aromatic heterocycles. The Kier molecular flexibility index (Phi) is 4.06. The van der Waals surface area contributed by atoms with Gasteiger partial charge in [-0.15, -0.1) is 0 Å². The van der Waals surface area contributed by atoms with Gasteiger partial charge in [-0.05, 0) is 23.6 Å². The lowest BCUT2D eigenvalue weighted by molar-refractivity contribution is -0.125. The first-order valence-corrected chi connectivity index (χ1v) is 8.90. The van der Waals surface area contributed by atoms with Gasteiger partial charge >= 0.3 is 5.97 Å². The van der Waals surface area contributed by atoms with Gasteiger partial charge in [-0.3, -0.25) is 14.6 Å². The van der Waals surface area contributed by atoms with Gasteiger partial charge in [0.25, 0.3) is 11.8 Å². The van der Waals surface area contributed by atoms with Crippen molar-refractivity contribution < 1.29 is 24.2 Å². The van der Waals surface area contributed by atoms with Gasteiger partial charge in [0.1, 0.15) is 5.71 Å². The normalized spacial score (nSPS) is 22.9. The summed E-state index contributed by atoms with van der Waals surface area (Å²) in [4.78, 5) is 42.0.